The lowest BCUT2D eigenvalue weighted by atomic mass is 10.2. The van der Waals surface area contributed by atoms with E-state index in [0.717, 1.165) is 31.9 Å². The predicted molar refractivity (Wildman–Crippen MR) is 74.0 cm³/mol. The highest BCUT2D eigenvalue weighted by molar-refractivity contribution is 6.30. The number of benzene rings is 1. The van der Waals surface area contributed by atoms with E-state index in [4.69, 9.17) is 21.6 Å². The Bertz CT molecular complexity index is 417. The summed E-state index contributed by atoms with van der Waals surface area (Å²) in [5.41, 5.74) is 1.39. The molecule has 1 N–H and O–H groups in total. The van der Waals surface area contributed by atoms with Crippen LogP contribution in [0.25, 0.3) is 0 Å². The first-order chi connectivity index (χ1) is 8.67. The summed E-state index contributed by atoms with van der Waals surface area (Å²) in [7, 11) is 3.73. The molecule has 98 valence electrons. The van der Waals surface area contributed by atoms with E-state index in [-0.39, 0.29) is 0 Å². The maximum absolute atomic E-state index is 8.99. The number of ether oxygens (including phenoxy) is 1. The highest BCUT2D eigenvalue weighted by Gasteiger charge is 2.03. The molecule has 0 aliphatic carbocycles. The Labute approximate surface area is 113 Å². The Morgan fingerprint density at radius 2 is 2.22 bits per heavy atom. The van der Waals surface area contributed by atoms with Crippen molar-refractivity contribution in [3.05, 3.63) is 28.8 Å². The summed E-state index contributed by atoms with van der Waals surface area (Å²) < 4.78 is 5.01. The van der Waals surface area contributed by atoms with Crippen LogP contribution in [-0.2, 0) is 4.74 Å². The highest BCUT2D eigenvalue weighted by Crippen LogP contribution is 2.19. The third-order valence-corrected chi connectivity index (χ3v) is 2.82. The molecule has 0 aromatic heterocycles. The Hall–Kier alpha value is -1.28. The van der Waals surface area contributed by atoms with Crippen molar-refractivity contribution in [2.45, 2.75) is 0 Å². The smallest absolute Gasteiger partial charge is 0.101 e. The fourth-order valence-corrected chi connectivity index (χ4v) is 1.68. The maximum Gasteiger partial charge on any atom is 0.101 e. The normalized spacial score (nSPS) is 10.4. The van der Waals surface area contributed by atoms with E-state index in [2.05, 4.69) is 16.3 Å². The van der Waals surface area contributed by atoms with Gasteiger partial charge in [-0.15, -0.1) is 0 Å². The van der Waals surface area contributed by atoms with Crippen molar-refractivity contribution in [1.82, 2.24) is 4.90 Å². The molecule has 0 aliphatic heterocycles. The van der Waals surface area contributed by atoms with Crippen LogP contribution in [0, 0.1) is 11.3 Å². The molecule has 0 unspecified atom stereocenters. The Kier molecular flexibility index (Phi) is 6.51. The average Bonchev–Trinajstić information content (AvgIpc) is 2.37. The fraction of sp³-hybridized carbons (Fsp3) is 0.462. The number of likely N-dealkylation sites (N-methyl/N-ethyl adjacent to an activating group) is 1. The van der Waals surface area contributed by atoms with Gasteiger partial charge in [-0.3, -0.25) is 0 Å². The van der Waals surface area contributed by atoms with Crippen molar-refractivity contribution >= 4 is 17.3 Å². The van der Waals surface area contributed by atoms with Gasteiger partial charge in [-0.05, 0) is 25.2 Å². The summed E-state index contributed by atoms with van der Waals surface area (Å²) in [4.78, 5) is 2.17. The second-order valence-corrected chi connectivity index (χ2v) is 4.46. The minimum atomic E-state index is 0.571. The molecule has 0 radical (unpaired) electrons. The first-order valence-corrected chi connectivity index (χ1v) is 6.16. The van der Waals surface area contributed by atoms with E-state index in [1.807, 2.05) is 13.1 Å². The van der Waals surface area contributed by atoms with Crippen molar-refractivity contribution in [2.75, 3.05) is 45.7 Å². The molecule has 0 bridgehead atoms. The van der Waals surface area contributed by atoms with Gasteiger partial charge in [0.25, 0.3) is 0 Å². The Morgan fingerprint density at radius 1 is 1.44 bits per heavy atom. The zero-order valence-electron chi connectivity index (χ0n) is 10.7. The zero-order chi connectivity index (χ0) is 13.4. The summed E-state index contributed by atoms with van der Waals surface area (Å²) in [5.74, 6) is 0. The minimum Gasteiger partial charge on any atom is -0.383 e. The van der Waals surface area contributed by atoms with Crippen LogP contribution in [0.15, 0.2) is 18.2 Å². The van der Waals surface area contributed by atoms with E-state index in [0.29, 0.717) is 10.6 Å². The lowest BCUT2D eigenvalue weighted by molar-refractivity contribution is 0.163. The third kappa shape index (κ3) is 4.92. The van der Waals surface area contributed by atoms with Crippen molar-refractivity contribution in [3.8, 4) is 6.07 Å². The van der Waals surface area contributed by atoms with Gasteiger partial charge in [0.1, 0.15) is 6.07 Å². The van der Waals surface area contributed by atoms with Crippen LogP contribution in [0.1, 0.15) is 5.56 Å². The lowest BCUT2D eigenvalue weighted by Crippen LogP contribution is -2.28. The van der Waals surface area contributed by atoms with E-state index in [9.17, 15) is 0 Å². The second kappa shape index (κ2) is 7.93. The SMILES string of the molecule is COCCN(C)CCNc1ccc(Cl)cc1C#N. The molecule has 0 heterocycles. The van der Waals surface area contributed by atoms with E-state index in [1.165, 1.54) is 0 Å². The van der Waals surface area contributed by atoms with Crippen molar-refractivity contribution < 1.29 is 4.74 Å². The average molecular weight is 268 g/mol. The summed E-state index contributed by atoms with van der Waals surface area (Å²) in [6.07, 6.45) is 0. The number of hydrogen-bond acceptors (Lipinski definition) is 4. The topological polar surface area (TPSA) is 48.3 Å². The Balaban J connectivity index is 2.42. The molecule has 0 aliphatic rings. The van der Waals surface area contributed by atoms with E-state index < -0.39 is 0 Å². The van der Waals surface area contributed by atoms with Crippen LogP contribution >= 0.6 is 11.6 Å². The molecule has 1 rings (SSSR count). The molecule has 1 aromatic carbocycles. The molecule has 1 aromatic rings. The molecule has 0 atom stereocenters. The number of nitrogens with zero attached hydrogens (tertiary/aromatic N) is 2. The Morgan fingerprint density at radius 3 is 2.89 bits per heavy atom. The van der Waals surface area contributed by atoms with Crippen LogP contribution in [0.5, 0.6) is 0 Å². The molecule has 0 saturated heterocycles. The van der Waals surface area contributed by atoms with Gasteiger partial charge in [0, 0.05) is 31.8 Å². The monoisotopic (exact) mass is 267 g/mol. The van der Waals surface area contributed by atoms with Crippen molar-refractivity contribution in [1.29, 1.82) is 5.26 Å². The maximum atomic E-state index is 8.99. The van der Waals surface area contributed by atoms with Crippen molar-refractivity contribution in [2.24, 2.45) is 0 Å². The molecule has 4 nitrogen and oxygen atoms in total. The van der Waals surface area contributed by atoms with Gasteiger partial charge in [-0.2, -0.15) is 5.26 Å². The van der Waals surface area contributed by atoms with Crippen molar-refractivity contribution in [3.63, 3.8) is 0 Å². The van der Waals surface area contributed by atoms with E-state index in [1.54, 1.807) is 19.2 Å². The molecule has 0 fully saturated rings. The molecule has 0 spiro atoms. The first kappa shape index (κ1) is 14.8. The largest absolute Gasteiger partial charge is 0.383 e. The fourth-order valence-electron chi connectivity index (χ4n) is 1.50. The van der Waals surface area contributed by atoms with Gasteiger partial charge in [-0.25, -0.2) is 0 Å². The summed E-state index contributed by atoms with van der Waals surface area (Å²) in [5, 5.41) is 12.8. The molecule has 5 heteroatoms. The number of nitrogens with one attached hydrogen (secondary N) is 1. The number of methoxy groups -OCH3 is 1. The summed E-state index contributed by atoms with van der Waals surface area (Å²) >= 11 is 5.84. The molecular formula is C13H18ClN3O. The summed E-state index contributed by atoms with van der Waals surface area (Å²) in [6, 6.07) is 7.40. The zero-order valence-corrected chi connectivity index (χ0v) is 11.5. The van der Waals surface area contributed by atoms with Crippen LogP contribution < -0.4 is 5.32 Å². The molecule has 0 amide bonds. The van der Waals surface area contributed by atoms with Gasteiger partial charge in [-0.1, -0.05) is 11.6 Å². The summed E-state index contributed by atoms with van der Waals surface area (Å²) in [6.45, 7) is 3.28. The van der Waals surface area contributed by atoms with Crippen LogP contribution in [0.2, 0.25) is 5.02 Å². The van der Waals surface area contributed by atoms with Gasteiger partial charge in [0.05, 0.1) is 17.9 Å². The van der Waals surface area contributed by atoms with Crippen LogP contribution in [0.3, 0.4) is 0 Å². The number of rotatable bonds is 7. The lowest BCUT2D eigenvalue weighted by Gasteiger charge is -2.17. The first-order valence-electron chi connectivity index (χ1n) is 5.78. The number of halogens is 1. The van der Waals surface area contributed by atoms with E-state index >= 15 is 0 Å². The molecule has 0 saturated carbocycles. The highest BCUT2D eigenvalue weighted by atomic mass is 35.5. The molecular weight excluding hydrogens is 250 g/mol. The van der Waals surface area contributed by atoms with Crippen LogP contribution in [-0.4, -0.2) is 45.3 Å². The third-order valence-electron chi connectivity index (χ3n) is 2.59. The number of nitriles is 1. The van der Waals surface area contributed by atoms with Gasteiger partial charge >= 0.3 is 0 Å². The van der Waals surface area contributed by atoms with Gasteiger partial charge < -0.3 is 15.0 Å². The van der Waals surface area contributed by atoms with Gasteiger partial charge in [0.2, 0.25) is 0 Å². The number of hydrogen-bond donors (Lipinski definition) is 1. The second-order valence-electron chi connectivity index (χ2n) is 4.02. The van der Waals surface area contributed by atoms with Crippen LogP contribution in [0.4, 0.5) is 5.69 Å². The minimum absolute atomic E-state index is 0.571. The number of anilines is 1. The van der Waals surface area contributed by atoms with Gasteiger partial charge in [0.15, 0.2) is 0 Å². The predicted octanol–water partition coefficient (Wildman–Crippen LogP) is 2.20. The standard InChI is InChI=1S/C13H18ClN3O/c1-17(7-8-18-2)6-5-16-13-4-3-12(14)9-11(13)10-15/h3-4,9,16H,5-8H2,1-2H3. The molecule has 18 heavy (non-hydrogen) atoms. The quantitative estimate of drug-likeness (QED) is 0.823.